The summed E-state index contributed by atoms with van der Waals surface area (Å²) in [6.45, 7) is 2.53. The SMILES string of the molecule is [2H]c1c([2H])c(C(=O)O)c([2H])c(-c2cccc(CCCNC[C@]([2H])(O)c3cccc(C)c3)c2)c1[2H]. The minimum atomic E-state index is -1.74. The highest BCUT2D eigenvalue weighted by atomic mass is 16.4. The van der Waals surface area contributed by atoms with Crippen LogP contribution in [0.25, 0.3) is 11.1 Å². The van der Waals surface area contributed by atoms with Crippen molar-refractivity contribution in [2.24, 2.45) is 0 Å². The van der Waals surface area contributed by atoms with E-state index in [9.17, 15) is 15.0 Å². The summed E-state index contributed by atoms with van der Waals surface area (Å²) in [5.41, 5.74) is 2.30. The van der Waals surface area contributed by atoms with Gasteiger partial charge in [0.25, 0.3) is 0 Å². The van der Waals surface area contributed by atoms with Crippen LogP contribution in [0.4, 0.5) is 0 Å². The van der Waals surface area contributed by atoms with Crippen LogP contribution in [0.15, 0.2) is 72.7 Å². The van der Waals surface area contributed by atoms with E-state index in [0.29, 0.717) is 30.5 Å². The largest absolute Gasteiger partial charge is 0.478 e. The summed E-state index contributed by atoms with van der Waals surface area (Å²) in [5, 5.41) is 22.9. The molecule has 0 saturated carbocycles. The quantitative estimate of drug-likeness (QED) is 0.463. The van der Waals surface area contributed by atoms with Crippen molar-refractivity contribution in [1.82, 2.24) is 5.32 Å². The van der Waals surface area contributed by atoms with Gasteiger partial charge in [-0.3, -0.25) is 0 Å². The van der Waals surface area contributed by atoms with Gasteiger partial charge < -0.3 is 15.5 Å². The molecular weight excluding hydrogens is 362 g/mol. The smallest absolute Gasteiger partial charge is 0.335 e. The third kappa shape index (κ3) is 6.01. The standard InChI is InChI=1S/C25H27NO3/c1-18-6-2-11-22(14-18)24(27)17-26-13-5-8-19-7-3-9-20(15-19)21-10-4-12-23(16-21)25(28)29/h2-4,6-7,9-12,14-16,24,26-27H,5,8,13,17H2,1H3,(H,28,29)/t24-/m0/s1/i4D,10D,12D,16D,24D. The third-order valence-electron chi connectivity index (χ3n) is 4.52. The van der Waals surface area contributed by atoms with Gasteiger partial charge in [-0.15, -0.1) is 0 Å². The van der Waals surface area contributed by atoms with E-state index in [1.807, 2.05) is 25.1 Å². The van der Waals surface area contributed by atoms with Crippen LogP contribution >= 0.6 is 0 Å². The molecule has 3 N–H and O–H groups in total. The first-order valence-electron chi connectivity index (χ1n) is 12.0. The number of hydrogen-bond acceptors (Lipinski definition) is 3. The maximum atomic E-state index is 11.5. The van der Waals surface area contributed by atoms with E-state index < -0.39 is 35.7 Å². The zero-order chi connectivity index (χ0) is 25.0. The summed E-state index contributed by atoms with van der Waals surface area (Å²) in [7, 11) is 0. The zero-order valence-electron chi connectivity index (χ0n) is 21.2. The molecule has 0 heterocycles. The van der Waals surface area contributed by atoms with Crippen molar-refractivity contribution < 1.29 is 21.9 Å². The first-order chi connectivity index (χ1) is 16.0. The number of carboxylic acid groups (broad SMARTS) is 1. The summed E-state index contributed by atoms with van der Waals surface area (Å²) in [5.74, 6) is -1.47. The van der Waals surface area contributed by atoms with Crippen LogP contribution in [0.5, 0.6) is 0 Å². The van der Waals surface area contributed by atoms with E-state index in [1.165, 1.54) is 0 Å². The fourth-order valence-corrected chi connectivity index (χ4v) is 3.03. The number of aliphatic hydroxyl groups is 1. The molecule has 0 unspecified atom stereocenters. The molecule has 0 aromatic heterocycles. The number of aromatic carboxylic acids is 1. The number of carbonyl (C=O) groups is 1. The van der Waals surface area contributed by atoms with E-state index in [-0.39, 0.29) is 18.2 Å². The predicted octanol–water partition coefficient (Wildman–Crippen LogP) is 4.62. The number of hydrogen-bond donors (Lipinski definition) is 3. The third-order valence-corrected chi connectivity index (χ3v) is 4.52. The molecule has 0 aliphatic carbocycles. The molecule has 3 aromatic rings. The Balaban J connectivity index is 1.68. The van der Waals surface area contributed by atoms with Gasteiger partial charge in [-0.2, -0.15) is 0 Å². The average Bonchev–Trinajstić information content (AvgIpc) is 2.77. The minimum absolute atomic E-state index is 0.0239. The van der Waals surface area contributed by atoms with Crippen molar-refractivity contribution in [3.05, 3.63) is 95.0 Å². The summed E-state index contributed by atoms with van der Waals surface area (Å²) in [4.78, 5) is 11.5. The van der Waals surface area contributed by atoms with Gasteiger partial charge in [0.1, 0.15) is 0 Å². The van der Waals surface area contributed by atoms with Crippen LogP contribution in [0.2, 0.25) is 0 Å². The molecule has 0 saturated heterocycles. The number of rotatable bonds is 9. The summed E-state index contributed by atoms with van der Waals surface area (Å²) < 4.78 is 40.4. The highest BCUT2D eigenvalue weighted by Gasteiger charge is 2.07. The molecule has 150 valence electrons. The maximum Gasteiger partial charge on any atom is 0.335 e. The second-order valence-electron chi connectivity index (χ2n) is 6.85. The number of carboxylic acids is 1. The Morgan fingerprint density at radius 3 is 2.79 bits per heavy atom. The Labute approximate surface area is 178 Å². The normalized spacial score (nSPS) is 15.4. The van der Waals surface area contributed by atoms with Crippen LogP contribution in [0.1, 0.15) is 46.4 Å². The van der Waals surface area contributed by atoms with Crippen molar-refractivity contribution in [3.8, 4) is 11.1 Å². The van der Waals surface area contributed by atoms with Gasteiger partial charge in [-0.25, -0.2) is 4.79 Å². The lowest BCUT2D eigenvalue weighted by atomic mass is 9.99. The molecule has 29 heavy (non-hydrogen) atoms. The van der Waals surface area contributed by atoms with E-state index in [2.05, 4.69) is 5.32 Å². The summed E-state index contributed by atoms with van der Waals surface area (Å²) in [6, 6.07) is 12.3. The Hall–Kier alpha value is -2.95. The molecule has 0 amide bonds. The number of aryl methyl sites for hydroxylation is 2. The highest BCUT2D eigenvalue weighted by Crippen LogP contribution is 2.22. The van der Waals surface area contributed by atoms with E-state index >= 15 is 0 Å². The molecule has 0 bridgehead atoms. The summed E-state index contributed by atoms with van der Waals surface area (Å²) in [6.07, 6.45) is -0.399. The van der Waals surface area contributed by atoms with Crippen molar-refractivity contribution in [2.45, 2.75) is 25.8 Å². The molecule has 0 aliphatic heterocycles. The minimum Gasteiger partial charge on any atom is -0.478 e. The average molecular weight is 395 g/mol. The van der Waals surface area contributed by atoms with Gasteiger partial charge in [-0.1, -0.05) is 66.2 Å². The van der Waals surface area contributed by atoms with Crippen LogP contribution in [-0.2, 0) is 6.42 Å². The second kappa shape index (κ2) is 10.0. The van der Waals surface area contributed by atoms with Gasteiger partial charge in [0, 0.05) is 6.54 Å². The van der Waals surface area contributed by atoms with Crippen LogP contribution in [-0.4, -0.2) is 29.3 Å². The Bertz CT molecular complexity index is 1210. The topological polar surface area (TPSA) is 69.6 Å². The molecule has 0 aliphatic rings. The van der Waals surface area contributed by atoms with Crippen LogP contribution < -0.4 is 5.32 Å². The molecule has 0 radical (unpaired) electrons. The van der Waals surface area contributed by atoms with Gasteiger partial charge in [0.05, 0.1) is 18.5 Å². The molecule has 4 heteroatoms. The lowest BCUT2D eigenvalue weighted by molar-refractivity contribution is 0.0697. The van der Waals surface area contributed by atoms with E-state index in [4.69, 9.17) is 6.85 Å². The zero-order valence-corrected chi connectivity index (χ0v) is 16.2. The van der Waals surface area contributed by atoms with E-state index in [0.717, 1.165) is 11.1 Å². The second-order valence-corrected chi connectivity index (χ2v) is 6.85. The fraction of sp³-hybridized carbons (Fsp3) is 0.240. The molecule has 3 aromatic carbocycles. The lowest BCUT2D eigenvalue weighted by Crippen LogP contribution is -2.22. The van der Waals surface area contributed by atoms with Crippen LogP contribution in [0.3, 0.4) is 0 Å². The monoisotopic (exact) mass is 394 g/mol. The van der Waals surface area contributed by atoms with Crippen molar-refractivity contribution >= 4 is 5.97 Å². The Morgan fingerprint density at radius 1 is 1.17 bits per heavy atom. The van der Waals surface area contributed by atoms with Gasteiger partial charge in [0.2, 0.25) is 0 Å². The van der Waals surface area contributed by atoms with Crippen LogP contribution in [0, 0.1) is 6.92 Å². The molecule has 3 rings (SSSR count). The number of benzene rings is 3. The first-order valence-corrected chi connectivity index (χ1v) is 9.46. The molecule has 1 atom stereocenters. The lowest BCUT2D eigenvalue weighted by Gasteiger charge is -2.13. The van der Waals surface area contributed by atoms with Crippen molar-refractivity contribution in [2.75, 3.05) is 13.1 Å². The molecule has 0 spiro atoms. The van der Waals surface area contributed by atoms with Gasteiger partial charge in [0.15, 0.2) is 0 Å². The Morgan fingerprint density at radius 2 is 2.00 bits per heavy atom. The fourth-order valence-electron chi connectivity index (χ4n) is 3.03. The summed E-state index contributed by atoms with van der Waals surface area (Å²) >= 11 is 0. The van der Waals surface area contributed by atoms with Gasteiger partial charge in [-0.05, 0) is 60.6 Å². The molecule has 4 nitrogen and oxygen atoms in total. The molecular formula is C25H27NO3. The van der Waals surface area contributed by atoms with E-state index in [1.54, 1.807) is 30.3 Å². The highest BCUT2D eigenvalue weighted by molar-refractivity contribution is 5.89. The predicted molar refractivity (Wildman–Crippen MR) is 116 cm³/mol. The Kier molecular flexibility index (Phi) is 5.16. The van der Waals surface area contributed by atoms with Crippen molar-refractivity contribution in [3.63, 3.8) is 0 Å². The molecule has 0 fully saturated rings. The van der Waals surface area contributed by atoms with Gasteiger partial charge >= 0.3 is 5.97 Å². The maximum absolute atomic E-state index is 11.5. The van der Waals surface area contributed by atoms with Crippen molar-refractivity contribution in [1.29, 1.82) is 0 Å². The first kappa shape index (κ1) is 15.0. The number of nitrogens with one attached hydrogen (secondary N) is 1.